The van der Waals surface area contributed by atoms with Gasteiger partial charge in [0, 0.05) is 50.5 Å². The predicted molar refractivity (Wildman–Crippen MR) is 96.1 cm³/mol. The summed E-state index contributed by atoms with van der Waals surface area (Å²) in [6, 6.07) is 6.62. The number of piperazine rings is 1. The number of carbonyl (C=O) groups excluding carboxylic acids is 1. The van der Waals surface area contributed by atoms with Crippen LogP contribution in [0.1, 0.15) is 0 Å². The lowest BCUT2D eigenvalue weighted by molar-refractivity contribution is -0.112. The molecule has 24 heavy (non-hydrogen) atoms. The first-order valence-electron chi connectivity index (χ1n) is 7.63. The van der Waals surface area contributed by atoms with Crippen LogP contribution in [0.15, 0.2) is 30.0 Å². The van der Waals surface area contributed by atoms with E-state index in [1.165, 1.54) is 12.3 Å². The van der Waals surface area contributed by atoms with Gasteiger partial charge in [-0.1, -0.05) is 23.2 Å². The van der Waals surface area contributed by atoms with Gasteiger partial charge in [0.1, 0.15) is 11.6 Å². The zero-order valence-electron chi connectivity index (χ0n) is 13.1. The van der Waals surface area contributed by atoms with Crippen LogP contribution in [0.3, 0.4) is 0 Å². The number of nitrogens with one attached hydrogen (secondary N) is 3. The van der Waals surface area contributed by atoms with E-state index in [1.54, 1.807) is 12.1 Å². The Hall–Kier alpha value is -1.78. The highest BCUT2D eigenvalue weighted by Crippen LogP contribution is 2.25. The van der Waals surface area contributed by atoms with Gasteiger partial charge in [0.2, 0.25) is 0 Å². The molecule has 0 bridgehead atoms. The van der Waals surface area contributed by atoms with Crippen LogP contribution in [0.5, 0.6) is 0 Å². The van der Waals surface area contributed by atoms with E-state index in [-0.39, 0.29) is 5.57 Å². The van der Waals surface area contributed by atoms with E-state index in [0.29, 0.717) is 22.3 Å². The Morgan fingerprint density at radius 1 is 1.38 bits per heavy atom. The Labute approximate surface area is 151 Å². The van der Waals surface area contributed by atoms with Crippen molar-refractivity contribution in [3.05, 3.63) is 40.0 Å². The summed E-state index contributed by atoms with van der Waals surface area (Å²) in [6.45, 7) is 5.52. The Morgan fingerprint density at radius 2 is 2.12 bits per heavy atom. The van der Waals surface area contributed by atoms with Crippen molar-refractivity contribution in [1.29, 1.82) is 5.26 Å². The topological polar surface area (TPSA) is 80.2 Å². The number of benzene rings is 1. The summed E-state index contributed by atoms with van der Waals surface area (Å²) in [5.41, 5.74) is 0.398. The van der Waals surface area contributed by atoms with Crippen LogP contribution < -0.4 is 16.0 Å². The third-order valence-electron chi connectivity index (χ3n) is 3.57. The quantitative estimate of drug-likeness (QED) is 0.406. The molecule has 1 heterocycles. The molecule has 1 amide bonds. The molecular weight excluding hydrogens is 349 g/mol. The maximum Gasteiger partial charge on any atom is 0.267 e. The van der Waals surface area contributed by atoms with Crippen LogP contribution in [0.2, 0.25) is 10.0 Å². The van der Waals surface area contributed by atoms with Gasteiger partial charge < -0.3 is 16.0 Å². The number of amides is 1. The predicted octanol–water partition coefficient (Wildman–Crippen LogP) is 1.83. The van der Waals surface area contributed by atoms with Gasteiger partial charge in [0.25, 0.3) is 5.91 Å². The maximum absolute atomic E-state index is 12.1. The summed E-state index contributed by atoms with van der Waals surface area (Å²) in [6.07, 6.45) is 1.43. The van der Waals surface area contributed by atoms with E-state index in [0.717, 1.165) is 32.7 Å². The van der Waals surface area contributed by atoms with E-state index in [9.17, 15) is 4.79 Å². The summed E-state index contributed by atoms with van der Waals surface area (Å²) in [5.74, 6) is -0.517. The van der Waals surface area contributed by atoms with E-state index in [1.807, 2.05) is 6.07 Å². The van der Waals surface area contributed by atoms with Crippen molar-refractivity contribution in [3.8, 4) is 6.07 Å². The molecule has 0 aromatic heterocycles. The van der Waals surface area contributed by atoms with Crippen LogP contribution in [0, 0.1) is 11.3 Å². The molecule has 128 valence electrons. The minimum absolute atomic E-state index is 0.0127. The molecule has 0 radical (unpaired) electrons. The molecule has 1 aliphatic heterocycles. The second-order valence-corrected chi connectivity index (χ2v) is 6.14. The summed E-state index contributed by atoms with van der Waals surface area (Å²) in [4.78, 5) is 14.4. The lowest BCUT2D eigenvalue weighted by atomic mass is 10.2. The van der Waals surface area contributed by atoms with Gasteiger partial charge in [0.05, 0.1) is 10.7 Å². The number of nitriles is 1. The van der Waals surface area contributed by atoms with Crippen molar-refractivity contribution in [2.45, 2.75) is 0 Å². The van der Waals surface area contributed by atoms with Crippen LogP contribution in [-0.4, -0.2) is 50.1 Å². The third-order valence-corrected chi connectivity index (χ3v) is 4.12. The average Bonchev–Trinajstić information content (AvgIpc) is 2.58. The van der Waals surface area contributed by atoms with Crippen molar-refractivity contribution in [2.75, 3.05) is 44.6 Å². The molecule has 0 atom stereocenters. The van der Waals surface area contributed by atoms with E-state index < -0.39 is 5.91 Å². The molecule has 0 saturated carbocycles. The van der Waals surface area contributed by atoms with Gasteiger partial charge in [-0.25, -0.2) is 0 Å². The van der Waals surface area contributed by atoms with E-state index >= 15 is 0 Å². The fraction of sp³-hybridized carbons (Fsp3) is 0.375. The summed E-state index contributed by atoms with van der Waals surface area (Å²) in [5, 5.41) is 18.8. The van der Waals surface area contributed by atoms with Crippen molar-refractivity contribution in [3.63, 3.8) is 0 Å². The minimum Gasteiger partial charge on any atom is -0.388 e. The normalized spacial score (nSPS) is 15.6. The smallest absolute Gasteiger partial charge is 0.267 e. The van der Waals surface area contributed by atoms with Crippen molar-refractivity contribution in [1.82, 2.24) is 15.5 Å². The summed E-state index contributed by atoms with van der Waals surface area (Å²) >= 11 is 11.8. The highest BCUT2D eigenvalue weighted by Gasteiger charge is 2.12. The zero-order chi connectivity index (χ0) is 17.4. The van der Waals surface area contributed by atoms with Crippen LogP contribution >= 0.6 is 23.2 Å². The monoisotopic (exact) mass is 367 g/mol. The number of halogens is 2. The van der Waals surface area contributed by atoms with Gasteiger partial charge >= 0.3 is 0 Å². The second-order valence-electron chi connectivity index (χ2n) is 5.29. The number of nitrogens with zero attached hydrogens (tertiary/aromatic N) is 2. The van der Waals surface area contributed by atoms with Crippen molar-refractivity contribution in [2.24, 2.45) is 0 Å². The Bertz CT molecular complexity index is 650. The molecular formula is C16H19Cl2N5O. The molecule has 1 aromatic carbocycles. The molecule has 6 nitrogen and oxygen atoms in total. The van der Waals surface area contributed by atoms with Crippen molar-refractivity contribution < 1.29 is 4.79 Å². The van der Waals surface area contributed by atoms with Crippen LogP contribution in [0.25, 0.3) is 0 Å². The largest absolute Gasteiger partial charge is 0.388 e. The number of hydrogen-bond acceptors (Lipinski definition) is 5. The number of rotatable bonds is 6. The summed E-state index contributed by atoms with van der Waals surface area (Å²) < 4.78 is 0. The number of hydrogen-bond donors (Lipinski definition) is 3. The first-order chi connectivity index (χ1) is 11.6. The minimum atomic E-state index is -0.517. The van der Waals surface area contributed by atoms with E-state index in [2.05, 4.69) is 20.9 Å². The Kier molecular flexibility index (Phi) is 7.35. The molecule has 1 aliphatic rings. The summed E-state index contributed by atoms with van der Waals surface area (Å²) in [7, 11) is 0. The highest BCUT2D eigenvalue weighted by molar-refractivity contribution is 6.36. The average molecular weight is 368 g/mol. The zero-order valence-corrected chi connectivity index (χ0v) is 14.6. The fourth-order valence-corrected chi connectivity index (χ4v) is 2.72. The van der Waals surface area contributed by atoms with Crippen LogP contribution in [0.4, 0.5) is 5.69 Å². The molecule has 1 fully saturated rings. The van der Waals surface area contributed by atoms with Gasteiger partial charge in [-0.3, -0.25) is 9.69 Å². The lowest BCUT2D eigenvalue weighted by Crippen LogP contribution is -2.45. The van der Waals surface area contributed by atoms with E-state index in [4.69, 9.17) is 28.5 Å². The van der Waals surface area contributed by atoms with Gasteiger partial charge in [-0.15, -0.1) is 0 Å². The maximum atomic E-state index is 12.1. The lowest BCUT2D eigenvalue weighted by Gasteiger charge is -2.26. The van der Waals surface area contributed by atoms with Gasteiger partial charge in [-0.2, -0.15) is 5.26 Å². The van der Waals surface area contributed by atoms with Crippen molar-refractivity contribution >= 4 is 34.8 Å². The number of anilines is 1. The molecule has 2 rings (SSSR count). The first-order valence-corrected chi connectivity index (χ1v) is 8.39. The highest BCUT2D eigenvalue weighted by atomic mass is 35.5. The first kappa shape index (κ1) is 18.6. The standard InChI is InChI=1S/C16H19Cl2N5O/c17-13-1-2-15(14(18)9-13)22-16(24)12(10-19)11-21-5-8-23-6-3-20-4-7-23/h1-2,9,11,20-21H,3-8H2,(H,22,24)/b12-11-. The molecule has 1 saturated heterocycles. The molecule has 1 aromatic rings. The van der Waals surface area contributed by atoms with Crippen LogP contribution in [-0.2, 0) is 4.79 Å². The molecule has 0 spiro atoms. The second kappa shape index (κ2) is 9.50. The Balaban J connectivity index is 1.85. The van der Waals surface area contributed by atoms with Gasteiger partial charge in [-0.05, 0) is 18.2 Å². The van der Waals surface area contributed by atoms with Gasteiger partial charge in [0.15, 0.2) is 0 Å². The fourth-order valence-electron chi connectivity index (χ4n) is 2.26. The Morgan fingerprint density at radius 3 is 2.79 bits per heavy atom. The SMILES string of the molecule is N#C/C(=C/NCCN1CCNCC1)C(=O)Nc1ccc(Cl)cc1Cl. The molecule has 3 N–H and O–H groups in total. The third kappa shape index (κ3) is 5.69. The molecule has 8 heteroatoms. The molecule has 0 aliphatic carbocycles. The number of carbonyl (C=O) groups is 1. The molecule has 0 unspecified atom stereocenters.